The van der Waals surface area contributed by atoms with Crippen molar-refractivity contribution in [2.75, 3.05) is 7.11 Å². The van der Waals surface area contributed by atoms with Crippen LogP contribution in [0.1, 0.15) is 23.1 Å². The third kappa shape index (κ3) is 5.51. The Morgan fingerprint density at radius 3 is 2.35 bits per heavy atom. The molecule has 0 bridgehead atoms. The van der Waals surface area contributed by atoms with E-state index in [1.807, 2.05) is 42.6 Å². The van der Waals surface area contributed by atoms with E-state index in [-0.39, 0.29) is 23.7 Å². The molecule has 5 nitrogen and oxygen atoms in total. The van der Waals surface area contributed by atoms with Crippen molar-refractivity contribution in [2.45, 2.75) is 13.0 Å². The summed E-state index contributed by atoms with van der Waals surface area (Å²) in [6.45, 7) is 0.729. The van der Waals surface area contributed by atoms with Gasteiger partial charge in [-0.2, -0.15) is 0 Å². The van der Waals surface area contributed by atoms with Crippen LogP contribution in [0.5, 0.6) is 11.5 Å². The quantitative estimate of drug-likeness (QED) is 0.263. The third-order valence-electron chi connectivity index (χ3n) is 5.48. The van der Waals surface area contributed by atoms with Gasteiger partial charge in [-0.15, -0.1) is 0 Å². The van der Waals surface area contributed by atoms with Crippen LogP contribution >= 0.6 is 0 Å². The van der Waals surface area contributed by atoms with E-state index < -0.39 is 0 Å². The van der Waals surface area contributed by atoms with E-state index in [9.17, 15) is 14.7 Å². The minimum absolute atomic E-state index is 0.0115. The summed E-state index contributed by atoms with van der Waals surface area (Å²) >= 11 is 0. The summed E-state index contributed by atoms with van der Waals surface area (Å²) < 4.78 is 7.16. The van der Waals surface area contributed by atoms with Crippen LogP contribution in [0.25, 0.3) is 23.1 Å². The average molecular weight is 452 g/mol. The van der Waals surface area contributed by atoms with Crippen molar-refractivity contribution in [3.05, 3.63) is 108 Å². The molecule has 0 saturated heterocycles. The minimum atomic E-state index is -0.309. The van der Waals surface area contributed by atoms with E-state index in [0.29, 0.717) is 11.3 Å². The summed E-state index contributed by atoms with van der Waals surface area (Å²) in [6.07, 6.45) is 7.94. The fraction of sp³-hybridized carbons (Fsp3) is 0.103. The number of benzene rings is 3. The third-order valence-corrected chi connectivity index (χ3v) is 5.48. The van der Waals surface area contributed by atoms with Crippen molar-refractivity contribution in [2.24, 2.45) is 0 Å². The fourth-order valence-electron chi connectivity index (χ4n) is 3.79. The number of hydrogen-bond donors (Lipinski definition) is 1. The van der Waals surface area contributed by atoms with Gasteiger partial charge < -0.3 is 14.4 Å². The van der Waals surface area contributed by atoms with E-state index in [2.05, 4.69) is 22.8 Å². The van der Waals surface area contributed by atoms with Crippen LogP contribution in [-0.2, 0) is 16.1 Å². The number of carbonyl (C=O) groups is 2. The minimum Gasteiger partial charge on any atom is -0.504 e. The molecule has 1 aromatic heterocycles. The van der Waals surface area contributed by atoms with Gasteiger partial charge in [0.05, 0.1) is 13.5 Å². The molecule has 0 radical (unpaired) electrons. The van der Waals surface area contributed by atoms with Crippen molar-refractivity contribution in [1.29, 1.82) is 0 Å². The molecule has 0 atom stereocenters. The van der Waals surface area contributed by atoms with Gasteiger partial charge in [-0.25, -0.2) is 0 Å². The molecule has 0 saturated carbocycles. The molecular formula is C29H25NO4. The van der Waals surface area contributed by atoms with Crippen molar-refractivity contribution >= 4 is 34.6 Å². The number of nitrogens with zero attached hydrogens (tertiary/aromatic N) is 1. The highest BCUT2D eigenvalue weighted by Crippen LogP contribution is 2.27. The smallest absolute Gasteiger partial charge is 0.163 e. The predicted octanol–water partition coefficient (Wildman–Crippen LogP) is 5.66. The highest BCUT2D eigenvalue weighted by molar-refractivity contribution is 6.11. The Kier molecular flexibility index (Phi) is 7.04. The molecule has 1 N–H and O–H groups in total. The van der Waals surface area contributed by atoms with Gasteiger partial charge in [0, 0.05) is 29.2 Å². The topological polar surface area (TPSA) is 68.5 Å². The summed E-state index contributed by atoms with van der Waals surface area (Å²) in [4.78, 5) is 24.6. The maximum absolute atomic E-state index is 12.4. The first-order valence-corrected chi connectivity index (χ1v) is 10.9. The number of fused-ring (bicyclic) bond motifs is 1. The number of aromatic nitrogens is 1. The Labute approximate surface area is 198 Å². The van der Waals surface area contributed by atoms with Crippen LogP contribution in [0.2, 0.25) is 0 Å². The first-order valence-electron chi connectivity index (χ1n) is 10.9. The highest BCUT2D eigenvalue weighted by Gasteiger charge is 2.09. The molecule has 0 fully saturated rings. The van der Waals surface area contributed by atoms with Crippen LogP contribution in [0, 0.1) is 0 Å². The number of phenolic OH excluding ortho intramolecular Hbond substituents is 1. The Morgan fingerprint density at radius 1 is 0.912 bits per heavy atom. The molecule has 34 heavy (non-hydrogen) atoms. The maximum atomic E-state index is 12.4. The number of aromatic hydroxyl groups is 1. The lowest BCUT2D eigenvalue weighted by atomic mass is 10.1. The van der Waals surface area contributed by atoms with Crippen molar-refractivity contribution in [3.8, 4) is 11.5 Å². The van der Waals surface area contributed by atoms with Gasteiger partial charge in [0.25, 0.3) is 0 Å². The Morgan fingerprint density at radius 2 is 1.62 bits per heavy atom. The lowest BCUT2D eigenvalue weighted by molar-refractivity contribution is -0.121. The number of rotatable bonds is 9. The van der Waals surface area contributed by atoms with Crippen molar-refractivity contribution in [3.63, 3.8) is 0 Å². The van der Waals surface area contributed by atoms with E-state index in [1.165, 1.54) is 30.9 Å². The number of ether oxygens (including phenoxy) is 1. The summed E-state index contributed by atoms with van der Waals surface area (Å²) in [7, 11) is 1.47. The molecule has 3 aromatic carbocycles. The molecule has 0 aliphatic heterocycles. The summed E-state index contributed by atoms with van der Waals surface area (Å²) in [5.74, 6) is -0.236. The largest absolute Gasteiger partial charge is 0.504 e. The van der Waals surface area contributed by atoms with Gasteiger partial charge in [0.2, 0.25) is 0 Å². The monoisotopic (exact) mass is 451 g/mol. The van der Waals surface area contributed by atoms with Gasteiger partial charge in [0.1, 0.15) is 0 Å². The van der Waals surface area contributed by atoms with Gasteiger partial charge in [-0.1, -0.05) is 60.7 Å². The first-order chi connectivity index (χ1) is 16.5. The van der Waals surface area contributed by atoms with Crippen LogP contribution in [0.15, 0.2) is 91.1 Å². The molecule has 4 aromatic rings. The number of para-hydroxylation sites is 1. The molecule has 0 aliphatic carbocycles. The normalized spacial score (nSPS) is 11.4. The molecule has 170 valence electrons. The van der Waals surface area contributed by atoms with Gasteiger partial charge in [-0.3, -0.25) is 9.59 Å². The van der Waals surface area contributed by atoms with Gasteiger partial charge >= 0.3 is 0 Å². The summed E-state index contributed by atoms with van der Waals surface area (Å²) in [5.41, 5.74) is 3.84. The maximum Gasteiger partial charge on any atom is 0.163 e. The summed E-state index contributed by atoms with van der Waals surface area (Å²) in [5, 5.41) is 10.9. The zero-order valence-electron chi connectivity index (χ0n) is 18.8. The van der Waals surface area contributed by atoms with E-state index in [1.54, 1.807) is 24.3 Å². The highest BCUT2D eigenvalue weighted by atomic mass is 16.5. The van der Waals surface area contributed by atoms with E-state index in [0.717, 1.165) is 23.0 Å². The molecule has 1 heterocycles. The zero-order chi connectivity index (χ0) is 23.9. The number of methoxy groups -OCH3 is 1. The second-order valence-electron chi connectivity index (χ2n) is 7.92. The fourth-order valence-corrected chi connectivity index (χ4v) is 3.79. The second-order valence-corrected chi connectivity index (χ2v) is 7.92. The van der Waals surface area contributed by atoms with E-state index in [4.69, 9.17) is 4.74 Å². The molecule has 0 spiro atoms. The van der Waals surface area contributed by atoms with Crippen LogP contribution in [0.4, 0.5) is 0 Å². The Hall–Kier alpha value is -4.38. The Balaban J connectivity index is 1.44. The zero-order valence-corrected chi connectivity index (χ0v) is 18.8. The van der Waals surface area contributed by atoms with E-state index >= 15 is 0 Å². The first kappa shape index (κ1) is 22.8. The lowest BCUT2D eigenvalue weighted by Crippen LogP contribution is -2.01. The average Bonchev–Trinajstić information content (AvgIpc) is 3.19. The Bertz CT molecular complexity index is 1380. The number of allylic oxidation sites excluding steroid dienone is 2. The summed E-state index contributed by atoms with van der Waals surface area (Å²) in [6, 6.07) is 23.1. The molecule has 0 aliphatic rings. The molecule has 0 unspecified atom stereocenters. The van der Waals surface area contributed by atoms with Crippen LogP contribution in [-0.4, -0.2) is 28.3 Å². The number of carbonyl (C=O) groups excluding carboxylic acids is 2. The number of phenols is 1. The molecular weight excluding hydrogens is 426 g/mol. The van der Waals surface area contributed by atoms with Crippen molar-refractivity contribution < 1.29 is 19.4 Å². The molecule has 0 amide bonds. The molecule has 5 heteroatoms. The predicted molar refractivity (Wildman–Crippen MR) is 135 cm³/mol. The SMILES string of the molecule is COc1ccc(C=CC(=O)CC(=O)C=Cc2cn(Cc3ccccc3)c3ccccc23)cc1O. The van der Waals surface area contributed by atoms with Crippen LogP contribution < -0.4 is 4.74 Å². The number of hydrogen-bond acceptors (Lipinski definition) is 4. The van der Waals surface area contributed by atoms with Crippen LogP contribution in [0.3, 0.4) is 0 Å². The van der Waals surface area contributed by atoms with Gasteiger partial charge in [0.15, 0.2) is 23.1 Å². The standard InChI is InChI=1S/C29H25NO4/c1-34-29-16-12-21(17-28(29)33)11-14-24(31)18-25(32)15-13-23-20-30(19-22-7-3-2-4-8-22)27-10-6-5-9-26(23)27/h2-17,20,33H,18-19H2,1H3. The number of ketones is 2. The second kappa shape index (κ2) is 10.5. The van der Waals surface area contributed by atoms with Gasteiger partial charge in [-0.05, 0) is 47.6 Å². The lowest BCUT2D eigenvalue weighted by Gasteiger charge is -2.05. The molecule has 4 rings (SSSR count). The van der Waals surface area contributed by atoms with Crippen molar-refractivity contribution in [1.82, 2.24) is 4.57 Å².